The van der Waals surface area contributed by atoms with Crippen LogP contribution in [0.3, 0.4) is 0 Å². The van der Waals surface area contributed by atoms with Crippen molar-refractivity contribution in [2.24, 2.45) is 17.8 Å². The Balaban J connectivity index is 2.29. The molecular formula is C16H31NO3. The smallest absolute Gasteiger partial charge is 0.308 e. The number of ether oxygens (including phenoxy) is 1. The zero-order valence-corrected chi connectivity index (χ0v) is 13.4. The van der Waals surface area contributed by atoms with Gasteiger partial charge >= 0.3 is 5.97 Å². The molecule has 1 aliphatic carbocycles. The molecule has 0 heterocycles. The van der Waals surface area contributed by atoms with Crippen LogP contribution in [0.25, 0.3) is 0 Å². The summed E-state index contributed by atoms with van der Waals surface area (Å²) in [6, 6.07) is 0. The second-order valence-electron chi connectivity index (χ2n) is 6.60. The Labute approximate surface area is 123 Å². The zero-order valence-electron chi connectivity index (χ0n) is 13.4. The van der Waals surface area contributed by atoms with Gasteiger partial charge in [0.1, 0.15) is 0 Å². The zero-order chi connectivity index (χ0) is 15.2. The molecule has 0 aromatic rings. The Bertz CT molecular complexity index is 296. The number of rotatable bonds is 7. The predicted octanol–water partition coefficient (Wildman–Crippen LogP) is 2.35. The molecule has 4 nitrogen and oxygen atoms in total. The largest absolute Gasteiger partial charge is 0.466 e. The molecular weight excluding hydrogens is 254 g/mol. The van der Waals surface area contributed by atoms with Gasteiger partial charge in [-0.2, -0.15) is 0 Å². The minimum Gasteiger partial charge on any atom is -0.466 e. The fourth-order valence-corrected chi connectivity index (χ4v) is 2.60. The molecule has 1 saturated carbocycles. The van der Waals surface area contributed by atoms with E-state index in [4.69, 9.17) is 4.74 Å². The number of aliphatic hydroxyl groups is 1. The van der Waals surface area contributed by atoms with Crippen LogP contribution in [-0.4, -0.2) is 36.4 Å². The SMILES string of the molecule is CCOC(=O)C1CCC(O)(CNCC(C)C(C)C)CC1. The molecule has 1 fully saturated rings. The third-order valence-corrected chi connectivity index (χ3v) is 4.59. The van der Waals surface area contributed by atoms with Crippen LogP contribution in [0.15, 0.2) is 0 Å². The Kier molecular flexibility index (Phi) is 6.96. The van der Waals surface area contributed by atoms with Gasteiger partial charge in [0.2, 0.25) is 0 Å². The fourth-order valence-electron chi connectivity index (χ4n) is 2.60. The van der Waals surface area contributed by atoms with E-state index in [1.807, 2.05) is 6.92 Å². The molecule has 0 radical (unpaired) electrons. The van der Waals surface area contributed by atoms with Crippen LogP contribution in [0, 0.1) is 17.8 Å². The van der Waals surface area contributed by atoms with Gasteiger partial charge in [-0.25, -0.2) is 0 Å². The maximum absolute atomic E-state index is 11.7. The number of nitrogens with one attached hydrogen (secondary N) is 1. The molecule has 0 saturated heterocycles. The number of carbonyl (C=O) groups is 1. The van der Waals surface area contributed by atoms with E-state index in [2.05, 4.69) is 26.1 Å². The minimum absolute atomic E-state index is 0.0233. The van der Waals surface area contributed by atoms with E-state index in [-0.39, 0.29) is 11.9 Å². The molecule has 1 atom stereocenters. The van der Waals surface area contributed by atoms with Crippen LogP contribution < -0.4 is 5.32 Å². The summed E-state index contributed by atoms with van der Waals surface area (Å²) in [5.74, 6) is 1.13. The van der Waals surface area contributed by atoms with Crippen molar-refractivity contribution in [3.8, 4) is 0 Å². The number of carbonyl (C=O) groups excluding carboxylic acids is 1. The maximum Gasteiger partial charge on any atom is 0.308 e. The summed E-state index contributed by atoms with van der Waals surface area (Å²) in [6.07, 6.45) is 2.83. The average Bonchev–Trinajstić information content (AvgIpc) is 2.39. The lowest BCUT2D eigenvalue weighted by Crippen LogP contribution is -2.45. The van der Waals surface area contributed by atoms with Crippen LogP contribution >= 0.6 is 0 Å². The Hall–Kier alpha value is -0.610. The summed E-state index contributed by atoms with van der Waals surface area (Å²) in [5, 5.41) is 13.9. The molecule has 20 heavy (non-hydrogen) atoms. The predicted molar refractivity (Wildman–Crippen MR) is 80.4 cm³/mol. The van der Waals surface area contributed by atoms with Crippen molar-refractivity contribution in [2.75, 3.05) is 19.7 Å². The van der Waals surface area contributed by atoms with Crippen LogP contribution in [0.5, 0.6) is 0 Å². The van der Waals surface area contributed by atoms with Crippen LogP contribution in [0.2, 0.25) is 0 Å². The van der Waals surface area contributed by atoms with Gasteiger partial charge in [0, 0.05) is 6.54 Å². The first-order chi connectivity index (χ1) is 9.38. The molecule has 118 valence electrons. The summed E-state index contributed by atoms with van der Waals surface area (Å²) in [7, 11) is 0. The highest BCUT2D eigenvalue weighted by Crippen LogP contribution is 2.32. The van der Waals surface area contributed by atoms with E-state index in [0.29, 0.717) is 37.8 Å². The second-order valence-corrected chi connectivity index (χ2v) is 6.60. The van der Waals surface area contributed by atoms with Crippen molar-refractivity contribution in [3.63, 3.8) is 0 Å². The summed E-state index contributed by atoms with van der Waals surface area (Å²) < 4.78 is 5.05. The van der Waals surface area contributed by atoms with Gasteiger partial charge in [-0.3, -0.25) is 4.79 Å². The Morgan fingerprint density at radius 3 is 2.45 bits per heavy atom. The highest BCUT2D eigenvalue weighted by atomic mass is 16.5. The van der Waals surface area contributed by atoms with Crippen molar-refractivity contribution in [1.29, 1.82) is 0 Å². The lowest BCUT2D eigenvalue weighted by Gasteiger charge is -2.35. The minimum atomic E-state index is -0.653. The van der Waals surface area contributed by atoms with Gasteiger partial charge in [-0.05, 0) is 51.0 Å². The molecule has 0 aliphatic heterocycles. The summed E-state index contributed by atoms with van der Waals surface area (Å²) in [4.78, 5) is 11.7. The van der Waals surface area contributed by atoms with E-state index in [1.165, 1.54) is 0 Å². The molecule has 2 N–H and O–H groups in total. The Morgan fingerprint density at radius 2 is 1.95 bits per heavy atom. The van der Waals surface area contributed by atoms with Crippen molar-refractivity contribution < 1.29 is 14.6 Å². The quantitative estimate of drug-likeness (QED) is 0.705. The van der Waals surface area contributed by atoms with Gasteiger partial charge in [-0.15, -0.1) is 0 Å². The van der Waals surface area contributed by atoms with Crippen molar-refractivity contribution >= 4 is 5.97 Å². The lowest BCUT2D eigenvalue weighted by atomic mass is 9.78. The average molecular weight is 285 g/mol. The van der Waals surface area contributed by atoms with Gasteiger partial charge < -0.3 is 15.2 Å². The summed E-state index contributed by atoms with van der Waals surface area (Å²) >= 11 is 0. The van der Waals surface area contributed by atoms with Crippen molar-refractivity contribution in [3.05, 3.63) is 0 Å². The molecule has 1 unspecified atom stereocenters. The molecule has 4 heteroatoms. The molecule has 1 aliphatic rings. The molecule has 1 rings (SSSR count). The van der Waals surface area contributed by atoms with Crippen LogP contribution in [0.1, 0.15) is 53.4 Å². The number of hydrogen-bond acceptors (Lipinski definition) is 4. The topological polar surface area (TPSA) is 58.6 Å². The third kappa shape index (κ3) is 5.41. The van der Waals surface area contributed by atoms with E-state index < -0.39 is 5.60 Å². The molecule has 0 aromatic heterocycles. The summed E-state index contributed by atoms with van der Waals surface area (Å²) in [5.41, 5.74) is -0.653. The fraction of sp³-hybridized carbons (Fsp3) is 0.938. The maximum atomic E-state index is 11.7. The van der Waals surface area contributed by atoms with E-state index in [9.17, 15) is 9.90 Å². The second kappa shape index (κ2) is 7.99. The van der Waals surface area contributed by atoms with E-state index in [0.717, 1.165) is 19.4 Å². The molecule has 0 aromatic carbocycles. The number of esters is 1. The summed E-state index contributed by atoms with van der Waals surface area (Å²) in [6.45, 7) is 10.5. The van der Waals surface area contributed by atoms with E-state index >= 15 is 0 Å². The molecule has 0 spiro atoms. The van der Waals surface area contributed by atoms with Gasteiger partial charge in [0.05, 0.1) is 18.1 Å². The lowest BCUT2D eigenvalue weighted by molar-refractivity contribution is -0.151. The first-order valence-electron chi connectivity index (χ1n) is 7.97. The first kappa shape index (κ1) is 17.4. The first-order valence-corrected chi connectivity index (χ1v) is 7.97. The van der Waals surface area contributed by atoms with Crippen LogP contribution in [-0.2, 0) is 9.53 Å². The number of hydrogen-bond donors (Lipinski definition) is 2. The Morgan fingerprint density at radius 1 is 1.35 bits per heavy atom. The molecule has 0 bridgehead atoms. The monoisotopic (exact) mass is 285 g/mol. The third-order valence-electron chi connectivity index (χ3n) is 4.59. The highest BCUT2D eigenvalue weighted by Gasteiger charge is 2.36. The normalized spacial score (nSPS) is 28.4. The molecule has 0 amide bonds. The highest BCUT2D eigenvalue weighted by molar-refractivity contribution is 5.72. The van der Waals surface area contributed by atoms with Gasteiger partial charge in [0.25, 0.3) is 0 Å². The van der Waals surface area contributed by atoms with Gasteiger partial charge in [-0.1, -0.05) is 20.8 Å². The van der Waals surface area contributed by atoms with Gasteiger partial charge in [0.15, 0.2) is 0 Å². The standard InChI is InChI=1S/C16H31NO3/c1-5-20-15(18)14-6-8-16(19,9-7-14)11-17-10-13(4)12(2)3/h12-14,17,19H,5-11H2,1-4H3. The van der Waals surface area contributed by atoms with E-state index in [1.54, 1.807) is 0 Å². The van der Waals surface area contributed by atoms with Crippen molar-refractivity contribution in [2.45, 2.75) is 59.0 Å². The van der Waals surface area contributed by atoms with Crippen molar-refractivity contribution in [1.82, 2.24) is 5.32 Å². The van der Waals surface area contributed by atoms with Crippen LogP contribution in [0.4, 0.5) is 0 Å².